The van der Waals surface area contributed by atoms with Crippen LogP contribution in [0.25, 0.3) is 22.6 Å². The van der Waals surface area contributed by atoms with Gasteiger partial charge in [-0.2, -0.15) is 0 Å². The Balaban J connectivity index is 1.65. The molecule has 0 bridgehead atoms. The maximum absolute atomic E-state index is 12.3. The van der Waals surface area contributed by atoms with Crippen LogP contribution in [0.4, 0.5) is 10.7 Å². The van der Waals surface area contributed by atoms with Gasteiger partial charge in [0, 0.05) is 30.3 Å². The maximum Gasteiger partial charge on any atom is 0.407 e. The van der Waals surface area contributed by atoms with Gasteiger partial charge in [-0.3, -0.25) is 0 Å². The monoisotopic (exact) mass is 485 g/mol. The third-order valence-electron chi connectivity index (χ3n) is 5.40. The molecule has 1 aliphatic rings. The number of aromatic amines is 1. The molecule has 2 heterocycles. The average molecular weight is 486 g/mol. The number of rotatable bonds is 9. The first-order valence-corrected chi connectivity index (χ1v) is 12.3. The van der Waals surface area contributed by atoms with Crippen molar-refractivity contribution in [3.05, 3.63) is 42.4 Å². The fourth-order valence-electron chi connectivity index (χ4n) is 3.40. The highest BCUT2D eigenvalue weighted by Gasteiger charge is 2.29. The number of H-pyrrole nitrogens is 1. The van der Waals surface area contributed by atoms with Gasteiger partial charge in [0.2, 0.25) is 16.0 Å². The van der Waals surface area contributed by atoms with Gasteiger partial charge in [-0.1, -0.05) is 12.1 Å². The van der Waals surface area contributed by atoms with Crippen molar-refractivity contribution in [1.82, 2.24) is 30.0 Å². The molecule has 1 atom stereocenters. The first-order chi connectivity index (χ1) is 16.3. The molecule has 0 aliphatic heterocycles. The fourth-order valence-corrected chi connectivity index (χ4v) is 4.18. The van der Waals surface area contributed by atoms with Crippen LogP contribution in [-0.4, -0.2) is 61.2 Å². The molecular formula is C22H27N7O4S. The Morgan fingerprint density at radius 1 is 1.26 bits per heavy atom. The summed E-state index contributed by atoms with van der Waals surface area (Å²) in [5.41, 5.74) is 2.59. The van der Waals surface area contributed by atoms with Crippen molar-refractivity contribution in [3.8, 4) is 22.6 Å². The van der Waals surface area contributed by atoms with Crippen LogP contribution in [0.2, 0.25) is 0 Å². The van der Waals surface area contributed by atoms with Gasteiger partial charge in [0.1, 0.15) is 5.82 Å². The number of carbonyl (C=O) groups is 1. The minimum absolute atomic E-state index is 0.159. The van der Waals surface area contributed by atoms with Gasteiger partial charge in [0.25, 0.3) is 0 Å². The standard InChI is InChI=1S/C22H27N7O4S/c1-13(26-22(30)33-3)12-25-21-24-10-9-17(27-21)19-18(28-20(29-19)14-7-8-14)15-5-4-6-16(11-15)34(31,32)23-2/h4-6,9-11,13-14,23H,7-8,12H2,1-3H3,(H,26,30)(H,28,29)(H,24,25,27)/t13-/m0/s1. The highest BCUT2D eigenvalue weighted by Crippen LogP contribution is 2.41. The maximum atomic E-state index is 12.3. The largest absolute Gasteiger partial charge is 0.453 e. The highest BCUT2D eigenvalue weighted by molar-refractivity contribution is 7.89. The molecule has 1 amide bonds. The number of imidazole rings is 1. The summed E-state index contributed by atoms with van der Waals surface area (Å²) < 4.78 is 31.6. The number of hydrogen-bond acceptors (Lipinski definition) is 8. The van der Waals surface area contributed by atoms with Crippen LogP contribution in [0, 0.1) is 0 Å². The van der Waals surface area contributed by atoms with Gasteiger partial charge in [-0.05, 0) is 45.0 Å². The second-order valence-electron chi connectivity index (χ2n) is 8.04. The minimum Gasteiger partial charge on any atom is -0.453 e. The number of benzene rings is 1. The van der Waals surface area contributed by atoms with E-state index < -0.39 is 16.1 Å². The number of nitrogens with one attached hydrogen (secondary N) is 4. The molecule has 1 aromatic carbocycles. The van der Waals surface area contributed by atoms with Gasteiger partial charge in [0.05, 0.1) is 29.1 Å². The molecule has 34 heavy (non-hydrogen) atoms. The molecule has 1 saturated carbocycles. The van der Waals surface area contributed by atoms with Crippen LogP contribution in [0.3, 0.4) is 0 Å². The lowest BCUT2D eigenvalue weighted by Crippen LogP contribution is -2.37. The molecule has 1 aliphatic carbocycles. The van der Waals surface area contributed by atoms with E-state index in [9.17, 15) is 13.2 Å². The SMILES string of the molecule is CNS(=O)(=O)c1cccc(-c2nc(C3CC3)[nH]c2-c2ccnc(NC[C@H](C)NC(=O)OC)n2)c1. The molecule has 0 unspecified atom stereocenters. The summed E-state index contributed by atoms with van der Waals surface area (Å²) in [4.78, 5) is 28.6. The topological polar surface area (TPSA) is 151 Å². The molecule has 4 rings (SSSR count). The van der Waals surface area contributed by atoms with E-state index in [-0.39, 0.29) is 10.9 Å². The normalized spacial score (nSPS) is 14.4. The molecule has 12 heteroatoms. The molecule has 0 saturated heterocycles. The smallest absolute Gasteiger partial charge is 0.407 e. The van der Waals surface area contributed by atoms with E-state index in [4.69, 9.17) is 4.98 Å². The van der Waals surface area contributed by atoms with E-state index in [1.54, 1.807) is 30.5 Å². The summed E-state index contributed by atoms with van der Waals surface area (Å²) in [5, 5.41) is 5.78. The predicted octanol–water partition coefficient (Wildman–Crippen LogP) is 2.48. The quantitative estimate of drug-likeness (QED) is 0.361. The number of alkyl carbamates (subject to hydrolysis) is 1. The average Bonchev–Trinajstić information content (AvgIpc) is 3.61. The van der Waals surface area contributed by atoms with E-state index in [1.807, 2.05) is 13.0 Å². The van der Waals surface area contributed by atoms with Crippen LogP contribution < -0.4 is 15.4 Å². The van der Waals surface area contributed by atoms with Crippen LogP contribution in [0.15, 0.2) is 41.4 Å². The van der Waals surface area contributed by atoms with Crippen LogP contribution in [0.1, 0.15) is 31.5 Å². The molecule has 1 fully saturated rings. The van der Waals surface area contributed by atoms with E-state index >= 15 is 0 Å². The van der Waals surface area contributed by atoms with Gasteiger partial charge < -0.3 is 20.4 Å². The Bertz CT molecular complexity index is 1290. The van der Waals surface area contributed by atoms with E-state index in [2.05, 4.69) is 35.0 Å². The summed E-state index contributed by atoms with van der Waals surface area (Å²) in [6.07, 6.45) is 3.23. The highest BCUT2D eigenvalue weighted by atomic mass is 32.2. The number of aromatic nitrogens is 4. The molecule has 3 aromatic rings. The third kappa shape index (κ3) is 5.34. The molecule has 2 aromatic heterocycles. The lowest BCUT2D eigenvalue weighted by molar-refractivity contribution is 0.168. The second-order valence-corrected chi connectivity index (χ2v) is 9.93. The summed E-state index contributed by atoms with van der Waals surface area (Å²) >= 11 is 0. The molecule has 4 N–H and O–H groups in total. The predicted molar refractivity (Wildman–Crippen MR) is 127 cm³/mol. The molecule has 11 nitrogen and oxygen atoms in total. The van der Waals surface area contributed by atoms with E-state index in [0.717, 1.165) is 18.7 Å². The molecule has 0 radical (unpaired) electrons. The summed E-state index contributed by atoms with van der Waals surface area (Å²) in [7, 11) is -0.910. The number of carbonyl (C=O) groups excluding carboxylic acids is 1. The first kappa shape index (κ1) is 23.6. The van der Waals surface area contributed by atoms with Crippen molar-refractivity contribution < 1.29 is 17.9 Å². The number of ether oxygens (including phenoxy) is 1. The third-order valence-corrected chi connectivity index (χ3v) is 6.81. The van der Waals surface area contributed by atoms with Crippen LogP contribution in [-0.2, 0) is 14.8 Å². The van der Waals surface area contributed by atoms with Gasteiger partial charge >= 0.3 is 6.09 Å². The van der Waals surface area contributed by atoms with Gasteiger partial charge in [-0.15, -0.1) is 0 Å². The molecule has 180 valence electrons. The van der Waals surface area contributed by atoms with Crippen LogP contribution in [0.5, 0.6) is 0 Å². The molecule has 0 spiro atoms. The fraction of sp³-hybridized carbons (Fsp3) is 0.364. The second kappa shape index (κ2) is 9.77. The number of sulfonamides is 1. The van der Waals surface area contributed by atoms with Crippen molar-refractivity contribution in [1.29, 1.82) is 0 Å². The Morgan fingerprint density at radius 3 is 2.76 bits per heavy atom. The minimum atomic E-state index is -3.60. The zero-order valence-electron chi connectivity index (χ0n) is 19.1. The Labute approximate surface area is 197 Å². The van der Waals surface area contributed by atoms with Crippen LogP contribution >= 0.6 is 0 Å². The van der Waals surface area contributed by atoms with E-state index in [1.165, 1.54) is 14.2 Å². The number of amides is 1. The molecular weight excluding hydrogens is 458 g/mol. The van der Waals surface area contributed by atoms with E-state index in [0.29, 0.717) is 41.1 Å². The zero-order chi connectivity index (χ0) is 24.3. The zero-order valence-corrected chi connectivity index (χ0v) is 19.9. The van der Waals surface area contributed by atoms with Crippen molar-refractivity contribution in [2.45, 2.75) is 36.6 Å². The Morgan fingerprint density at radius 2 is 2.06 bits per heavy atom. The number of hydrogen-bond donors (Lipinski definition) is 4. The van der Waals surface area contributed by atoms with Crippen molar-refractivity contribution in [2.24, 2.45) is 0 Å². The first-order valence-electron chi connectivity index (χ1n) is 10.9. The summed E-state index contributed by atoms with van der Waals surface area (Å²) in [5.74, 6) is 1.60. The Hall–Kier alpha value is -3.51. The summed E-state index contributed by atoms with van der Waals surface area (Å²) in [6, 6.07) is 8.22. The number of anilines is 1. The van der Waals surface area contributed by atoms with Crippen molar-refractivity contribution in [2.75, 3.05) is 26.0 Å². The lowest BCUT2D eigenvalue weighted by atomic mass is 10.1. The Kier molecular flexibility index (Phi) is 6.80. The van der Waals surface area contributed by atoms with Crippen molar-refractivity contribution >= 4 is 22.1 Å². The van der Waals surface area contributed by atoms with Gasteiger partial charge in [-0.25, -0.2) is 32.9 Å². The summed E-state index contributed by atoms with van der Waals surface area (Å²) in [6.45, 7) is 2.22. The number of methoxy groups -OCH3 is 1. The van der Waals surface area contributed by atoms with Crippen molar-refractivity contribution in [3.63, 3.8) is 0 Å². The van der Waals surface area contributed by atoms with Gasteiger partial charge in [0.15, 0.2) is 0 Å². The number of nitrogens with zero attached hydrogens (tertiary/aromatic N) is 3. The lowest BCUT2D eigenvalue weighted by Gasteiger charge is -2.14.